The molecule has 21 heavy (non-hydrogen) atoms. The lowest BCUT2D eigenvalue weighted by Crippen LogP contribution is -2.10. The number of amides is 1. The van der Waals surface area contributed by atoms with Crippen LogP contribution in [0.15, 0.2) is 36.5 Å². The lowest BCUT2D eigenvalue weighted by molar-refractivity contribution is -0.111. The van der Waals surface area contributed by atoms with E-state index in [1.807, 2.05) is 0 Å². The number of halogens is 1. The normalized spacial score (nSPS) is 10.8. The summed E-state index contributed by atoms with van der Waals surface area (Å²) in [6.45, 7) is 1.63. The number of hydrogen-bond acceptors (Lipinski definition) is 2. The highest BCUT2D eigenvalue weighted by Crippen LogP contribution is 2.19. The van der Waals surface area contributed by atoms with Crippen molar-refractivity contribution in [1.29, 1.82) is 0 Å². The van der Waals surface area contributed by atoms with E-state index < -0.39 is 11.9 Å². The summed E-state index contributed by atoms with van der Waals surface area (Å²) in [5.41, 5.74) is 1.60. The van der Waals surface area contributed by atoms with Crippen molar-refractivity contribution >= 4 is 35.2 Å². The van der Waals surface area contributed by atoms with Gasteiger partial charge in [0.1, 0.15) is 5.56 Å². The van der Waals surface area contributed by atoms with Crippen LogP contribution in [0, 0.1) is 6.92 Å². The highest BCUT2D eigenvalue weighted by atomic mass is 35.5. The van der Waals surface area contributed by atoms with Gasteiger partial charge in [0.2, 0.25) is 5.91 Å². The maximum Gasteiger partial charge on any atom is 0.339 e. The molecule has 108 valence electrons. The van der Waals surface area contributed by atoms with Gasteiger partial charge in [-0.25, -0.2) is 4.79 Å². The van der Waals surface area contributed by atoms with Crippen molar-refractivity contribution in [3.05, 3.63) is 58.4 Å². The molecule has 0 saturated heterocycles. The van der Waals surface area contributed by atoms with E-state index in [2.05, 4.69) is 10.3 Å². The highest BCUT2D eigenvalue weighted by molar-refractivity contribution is 6.30. The Morgan fingerprint density at radius 2 is 1.95 bits per heavy atom. The van der Waals surface area contributed by atoms with Gasteiger partial charge in [-0.2, -0.15) is 0 Å². The Morgan fingerprint density at radius 3 is 2.57 bits per heavy atom. The number of rotatable bonds is 4. The van der Waals surface area contributed by atoms with Crippen LogP contribution in [-0.4, -0.2) is 22.0 Å². The van der Waals surface area contributed by atoms with Crippen molar-refractivity contribution in [1.82, 2.24) is 4.98 Å². The summed E-state index contributed by atoms with van der Waals surface area (Å²) in [7, 11) is 0. The molecule has 0 fully saturated rings. The van der Waals surface area contributed by atoms with E-state index in [0.717, 1.165) is 5.56 Å². The SMILES string of the molecule is Cc1[nH]cc(NC(=O)/C=C/c2ccc(Cl)cc2)c1C(=O)O. The number of aromatic nitrogens is 1. The van der Waals surface area contributed by atoms with Crippen LogP contribution in [0.25, 0.3) is 6.08 Å². The number of H-pyrrole nitrogens is 1. The first-order chi connectivity index (χ1) is 9.97. The van der Waals surface area contributed by atoms with Crippen LogP contribution in [0.4, 0.5) is 5.69 Å². The zero-order valence-electron chi connectivity index (χ0n) is 11.2. The second-order valence-corrected chi connectivity index (χ2v) is 4.82. The Hall–Kier alpha value is -2.53. The van der Waals surface area contributed by atoms with Gasteiger partial charge in [0.05, 0.1) is 5.69 Å². The van der Waals surface area contributed by atoms with Crippen LogP contribution < -0.4 is 5.32 Å². The molecule has 2 rings (SSSR count). The Bertz CT molecular complexity index is 702. The lowest BCUT2D eigenvalue weighted by Gasteiger charge is -2.01. The van der Waals surface area contributed by atoms with E-state index in [0.29, 0.717) is 10.7 Å². The first kappa shape index (κ1) is 14.9. The van der Waals surface area contributed by atoms with Gasteiger partial charge in [-0.1, -0.05) is 23.7 Å². The fraction of sp³-hybridized carbons (Fsp3) is 0.0667. The van der Waals surface area contributed by atoms with E-state index in [9.17, 15) is 9.59 Å². The minimum Gasteiger partial charge on any atom is -0.478 e. The second-order valence-electron chi connectivity index (χ2n) is 4.38. The van der Waals surface area contributed by atoms with Crippen molar-refractivity contribution in [2.24, 2.45) is 0 Å². The Labute approximate surface area is 126 Å². The predicted molar refractivity (Wildman–Crippen MR) is 81.6 cm³/mol. The van der Waals surface area contributed by atoms with Crippen molar-refractivity contribution in [2.75, 3.05) is 5.32 Å². The Kier molecular flexibility index (Phi) is 4.45. The maximum absolute atomic E-state index is 11.8. The topological polar surface area (TPSA) is 82.2 Å². The summed E-state index contributed by atoms with van der Waals surface area (Å²) in [6.07, 6.45) is 4.40. The van der Waals surface area contributed by atoms with Crippen LogP contribution in [0.1, 0.15) is 21.6 Å². The van der Waals surface area contributed by atoms with Crippen LogP contribution in [0.2, 0.25) is 5.02 Å². The number of anilines is 1. The first-order valence-electron chi connectivity index (χ1n) is 6.13. The molecule has 0 aliphatic rings. The summed E-state index contributed by atoms with van der Waals surface area (Å²) in [5, 5.41) is 12.2. The zero-order chi connectivity index (χ0) is 15.4. The molecule has 0 spiro atoms. The smallest absolute Gasteiger partial charge is 0.339 e. The number of carboxylic acids is 1. The van der Waals surface area contributed by atoms with E-state index >= 15 is 0 Å². The molecule has 1 aromatic carbocycles. The number of aryl methyl sites for hydroxylation is 1. The summed E-state index contributed by atoms with van der Waals surface area (Å²) >= 11 is 5.77. The third kappa shape index (κ3) is 3.73. The van der Waals surface area contributed by atoms with Crippen molar-refractivity contribution in [3.8, 4) is 0 Å². The molecule has 0 radical (unpaired) electrons. The van der Waals surface area contributed by atoms with Gasteiger partial charge >= 0.3 is 5.97 Å². The molecule has 0 atom stereocenters. The minimum atomic E-state index is -1.09. The third-order valence-electron chi connectivity index (χ3n) is 2.85. The van der Waals surface area contributed by atoms with Gasteiger partial charge < -0.3 is 15.4 Å². The van der Waals surface area contributed by atoms with Crippen molar-refractivity contribution < 1.29 is 14.7 Å². The Morgan fingerprint density at radius 1 is 1.29 bits per heavy atom. The molecule has 0 unspecified atom stereocenters. The minimum absolute atomic E-state index is 0.0586. The second kappa shape index (κ2) is 6.28. The fourth-order valence-electron chi connectivity index (χ4n) is 1.82. The van der Waals surface area contributed by atoms with Gasteiger partial charge in [0.15, 0.2) is 0 Å². The number of benzene rings is 1. The van der Waals surface area contributed by atoms with Gasteiger partial charge in [-0.05, 0) is 30.7 Å². The number of carbonyl (C=O) groups excluding carboxylic acids is 1. The first-order valence-corrected chi connectivity index (χ1v) is 6.51. The number of hydrogen-bond donors (Lipinski definition) is 3. The third-order valence-corrected chi connectivity index (χ3v) is 3.10. The molecule has 1 amide bonds. The van der Waals surface area contributed by atoms with Crippen LogP contribution in [0.5, 0.6) is 0 Å². The van der Waals surface area contributed by atoms with Crippen molar-refractivity contribution in [3.63, 3.8) is 0 Å². The summed E-state index contributed by atoms with van der Waals surface area (Å²) < 4.78 is 0. The fourth-order valence-corrected chi connectivity index (χ4v) is 1.95. The number of aromatic amines is 1. The molecule has 2 aromatic rings. The molecular formula is C15H13ClN2O3. The van der Waals surface area contributed by atoms with Crippen molar-refractivity contribution in [2.45, 2.75) is 6.92 Å². The summed E-state index contributed by atoms with van der Waals surface area (Å²) in [5.74, 6) is -1.50. The highest BCUT2D eigenvalue weighted by Gasteiger charge is 2.16. The van der Waals surface area contributed by atoms with Crippen LogP contribution in [0.3, 0.4) is 0 Å². The van der Waals surface area contributed by atoms with Gasteiger partial charge in [-0.3, -0.25) is 4.79 Å². The zero-order valence-corrected chi connectivity index (χ0v) is 11.9. The van der Waals surface area contributed by atoms with E-state index in [-0.39, 0.29) is 11.3 Å². The molecule has 0 aliphatic carbocycles. The molecule has 1 aromatic heterocycles. The molecule has 0 saturated carbocycles. The Balaban J connectivity index is 2.08. The molecule has 6 heteroatoms. The van der Waals surface area contributed by atoms with Crippen LogP contribution in [-0.2, 0) is 4.79 Å². The van der Waals surface area contributed by atoms with E-state index in [1.165, 1.54) is 12.3 Å². The maximum atomic E-state index is 11.8. The number of carbonyl (C=O) groups is 2. The summed E-state index contributed by atoms with van der Waals surface area (Å²) in [4.78, 5) is 25.7. The predicted octanol–water partition coefficient (Wildman–Crippen LogP) is 3.33. The monoisotopic (exact) mass is 304 g/mol. The van der Waals surface area contributed by atoms with Gasteiger partial charge in [0.25, 0.3) is 0 Å². The summed E-state index contributed by atoms with van der Waals surface area (Å²) in [6, 6.07) is 6.98. The molecule has 1 heterocycles. The van der Waals surface area contributed by atoms with E-state index in [1.54, 1.807) is 37.3 Å². The van der Waals surface area contributed by atoms with E-state index in [4.69, 9.17) is 16.7 Å². The molecule has 0 bridgehead atoms. The number of nitrogens with one attached hydrogen (secondary N) is 2. The number of aromatic carboxylic acids is 1. The number of carboxylic acid groups (broad SMARTS) is 1. The largest absolute Gasteiger partial charge is 0.478 e. The average Bonchev–Trinajstić information content (AvgIpc) is 2.79. The lowest BCUT2D eigenvalue weighted by atomic mass is 10.2. The average molecular weight is 305 g/mol. The molecular weight excluding hydrogens is 292 g/mol. The molecule has 0 aliphatic heterocycles. The van der Waals surface area contributed by atoms with Gasteiger partial charge in [0, 0.05) is 23.0 Å². The standard InChI is InChI=1S/C15H13ClN2O3/c1-9-14(15(20)21)12(8-17-9)18-13(19)7-4-10-2-5-11(16)6-3-10/h2-8,17H,1H3,(H,18,19)(H,20,21)/b7-4+. The molecule has 3 N–H and O–H groups in total. The molecule has 5 nitrogen and oxygen atoms in total. The quantitative estimate of drug-likeness (QED) is 0.758. The van der Waals surface area contributed by atoms with Gasteiger partial charge in [-0.15, -0.1) is 0 Å². The van der Waals surface area contributed by atoms with Crippen LogP contribution >= 0.6 is 11.6 Å².